The lowest BCUT2D eigenvalue weighted by Gasteiger charge is -2.23. The average molecular weight is 470 g/mol. The van der Waals surface area contributed by atoms with Gasteiger partial charge < -0.3 is 4.98 Å². The summed E-state index contributed by atoms with van der Waals surface area (Å²) in [6.07, 6.45) is 0.709. The number of nitrogens with zero attached hydrogens (tertiary/aromatic N) is 4. The number of aromatic amines is 1. The topological polar surface area (TPSA) is 81.7 Å². The summed E-state index contributed by atoms with van der Waals surface area (Å²) in [6.45, 7) is 0.542. The molecule has 1 amide bonds. The van der Waals surface area contributed by atoms with E-state index in [0.29, 0.717) is 29.0 Å². The number of hydrogen-bond acceptors (Lipinski definition) is 8. The van der Waals surface area contributed by atoms with Crippen molar-refractivity contribution in [2.45, 2.75) is 19.0 Å². The summed E-state index contributed by atoms with van der Waals surface area (Å²) in [4.78, 5) is 36.8. The number of likely N-dealkylation sites (N-methyl/N-ethyl adjacent to an activating group) is 1. The molecule has 1 atom stereocenters. The third kappa shape index (κ3) is 4.11. The molecule has 0 radical (unpaired) electrons. The number of thiophene rings is 3. The van der Waals surface area contributed by atoms with Crippen molar-refractivity contribution in [3.05, 3.63) is 72.4 Å². The van der Waals surface area contributed by atoms with Crippen LogP contribution in [0.3, 0.4) is 0 Å². The van der Waals surface area contributed by atoms with Crippen molar-refractivity contribution < 1.29 is 4.79 Å². The number of rotatable bonds is 6. The fourth-order valence-corrected chi connectivity index (χ4v) is 5.90. The van der Waals surface area contributed by atoms with Crippen LogP contribution in [-0.2, 0) is 11.3 Å². The predicted octanol–water partition coefficient (Wildman–Crippen LogP) is 3.92. The van der Waals surface area contributed by atoms with E-state index in [0.717, 1.165) is 15.5 Å². The van der Waals surface area contributed by atoms with Gasteiger partial charge in [0, 0.05) is 11.3 Å². The highest BCUT2D eigenvalue weighted by Crippen LogP contribution is 2.36. The van der Waals surface area contributed by atoms with Crippen LogP contribution >= 0.6 is 34.0 Å². The van der Waals surface area contributed by atoms with Crippen LogP contribution in [0.5, 0.6) is 0 Å². The molecule has 4 aromatic heterocycles. The standard InChI is InChI=1S/C21H19N5O2S3/c1-25(11-18-22-13-6-9-31-20(13)21(28)23-18)12-19(27)26-15(17-5-3-8-30-17)10-14(24-26)16-4-2-7-29-16/h2-9,15H,10-12H2,1H3,(H,22,23,28). The Morgan fingerprint density at radius 2 is 2.03 bits per heavy atom. The molecule has 5 rings (SSSR count). The zero-order valence-corrected chi connectivity index (χ0v) is 19.1. The van der Waals surface area contributed by atoms with E-state index in [1.807, 2.05) is 52.4 Å². The molecule has 0 aromatic carbocycles. The molecule has 158 valence electrons. The van der Waals surface area contributed by atoms with Gasteiger partial charge >= 0.3 is 0 Å². The van der Waals surface area contributed by atoms with Gasteiger partial charge in [0.2, 0.25) is 0 Å². The van der Waals surface area contributed by atoms with Crippen molar-refractivity contribution in [1.29, 1.82) is 0 Å². The molecule has 7 nitrogen and oxygen atoms in total. The summed E-state index contributed by atoms with van der Waals surface area (Å²) in [7, 11) is 1.84. The number of hydrogen-bond donors (Lipinski definition) is 1. The van der Waals surface area contributed by atoms with Crippen LogP contribution in [0.4, 0.5) is 0 Å². The monoisotopic (exact) mass is 469 g/mol. The highest BCUT2D eigenvalue weighted by molar-refractivity contribution is 7.17. The quantitative estimate of drug-likeness (QED) is 0.464. The van der Waals surface area contributed by atoms with Gasteiger partial charge in [0.1, 0.15) is 10.5 Å². The Morgan fingerprint density at radius 3 is 2.81 bits per heavy atom. The number of carbonyl (C=O) groups excluding carboxylic acids is 1. The number of amides is 1. The summed E-state index contributed by atoms with van der Waals surface area (Å²) < 4.78 is 0.619. The molecule has 0 fully saturated rings. The minimum Gasteiger partial charge on any atom is -0.308 e. The first-order valence-corrected chi connectivity index (χ1v) is 12.3. The molecule has 10 heteroatoms. The van der Waals surface area contributed by atoms with E-state index in [4.69, 9.17) is 5.10 Å². The molecule has 0 saturated carbocycles. The second-order valence-corrected chi connectivity index (χ2v) is 10.2. The summed E-state index contributed by atoms with van der Waals surface area (Å²) in [6, 6.07) is 9.84. The Hall–Kier alpha value is -2.66. The molecule has 1 aliphatic heterocycles. The zero-order chi connectivity index (χ0) is 21.4. The van der Waals surface area contributed by atoms with Gasteiger partial charge in [-0.05, 0) is 41.4 Å². The summed E-state index contributed by atoms with van der Waals surface area (Å²) >= 11 is 4.65. The van der Waals surface area contributed by atoms with E-state index in [-0.39, 0.29) is 24.1 Å². The molecule has 1 aliphatic rings. The van der Waals surface area contributed by atoms with Gasteiger partial charge in [-0.2, -0.15) is 5.10 Å². The molecule has 4 aromatic rings. The maximum Gasteiger partial charge on any atom is 0.268 e. The molecule has 1 N–H and O–H groups in total. The SMILES string of the molecule is CN(CC(=O)N1N=C(c2cccs2)CC1c1cccs1)Cc1nc2ccsc2c(=O)[nH]1. The Morgan fingerprint density at radius 1 is 1.19 bits per heavy atom. The lowest BCUT2D eigenvalue weighted by molar-refractivity contribution is -0.134. The van der Waals surface area contributed by atoms with Crippen LogP contribution in [0.25, 0.3) is 10.2 Å². The van der Waals surface area contributed by atoms with Gasteiger partial charge in [-0.1, -0.05) is 12.1 Å². The van der Waals surface area contributed by atoms with Crippen LogP contribution in [0, 0.1) is 0 Å². The van der Waals surface area contributed by atoms with Gasteiger partial charge in [0.15, 0.2) is 0 Å². The van der Waals surface area contributed by atoms with Crippen molar-refractivity contribution in [2.75, 3.05) is 13.6 Å². The van der Waals surface area contributed by atoms with Gasteiger partial charge in [0.25, 0.3) is 11.5 Å². The Labute approximate surface area is 190 Å². The largest absolute Gasteiger partial charge is 0.308 e. The van der Waals surface area contributed by atoms with Crippen LogP contribution in [0.1, 0.15) is 28.0 Å². The highest BCUT2D eigenvalue weighted by atomic mass is 32.1. The average Bonchev–Trinajstić information content (AvgIpc) is 3.54. The molecule has 0 spiro atoms. The lowest BCUT2D eigenvalue weighted by atomic mass is 10.1. The number of aromatic nitrogens is 2. The van der Waals surface area contributed by atoms with E-state index in [1.165, 1.54) is 11.3 Å². The highest BCUT2D eigenvalue weighted by Gasteiger charge is 2.34. The van der Waals surface area contributed by atoms with Crippen LogP contribution in [0.15, 0.2) is 56.4 Å². The fraction of sp³-hybridized carbons (Fsp3) is 0.238. The fourth-order valence-electron chi connectivity index (χ4n) is 3.65. The summed E-state index contributed by atoms with van der Waals surface area (Å²) in [5.74, 6) is 0.469. The number of fused-ring (bicyclic) bond motifs is 1. The van der Waals surface area contributed by atoms with E-state index >= 15 is 0 Å². The maximum atomic E-state index is 13.2. The lowest BCUT2D eigenvalue weighted by Crippen LogP contribution is -2.36. The predicted molar refractivity (Wildman–Crippen MR) is 126 cm³/mol. The van der Waals surface area contributed by atoms with Crippen LogP contribution in [-0.4, -0.2) is 45.1 Å². The number of H-pyrrole nitrogens is 1. The first-order chi connectivity index (χ1) is 15.1. The van der Waals surface area contributed by atoms with Crippen molar-refractivity contribution in [3.8, 4) is 0 Å². The van der Waals surface area contributed by atoms with E-state index < -0.39 is 0 Å². The number of hydrazone groups is 1. The minimum absolute atomic E-state index is 0.0774. The molecular weight excluding hydrogens is 450 g/mol. The van der Waals surface area contributed by atoms with Gasteiger partial charge in [-0.3, -0.25) is 14.5 Å². The normalized spacial score (nSPS) is 16.4. The molecule has 0 bridgehead atoms. The molecule has 0 saturated heterocycles. The first-order valence-electron chi connectivity index (χ1n) is 9.70. The Balaban J connectivity index is 1.33. The van der Waals surface area contributed by atoms with Crippen molar-refractivity contribution in [1.82, 2.24) is 19.9 Å². The van der Waals surface area contributed by atoms with E-state index in [9.17, 15) is 9.59 Å². The first kappa shape index (κ1) is 20.3. The van der Waals surface area contributed by atoms with Crippen molar-refractivity contribution in [3.63, 3.8) is 0 Å². The number of nitrogens with one attached hydrogen (secondary N) is 1. The zero-order valence-electron chi connectivity index (χ0n) is 16.6. The van der Waals surface area contributed by atoms with Crippen molar-refractivity contribution in [2.24, 2.45) is 5.10 Å². The summed E-state index contributed by atoms with van der Waals surface area (Å²) in [5.41, 5.74) is 1.49. The molecule has 31 heavy (non-hydrogen) atoms. The maximum absolute atomic E-state index is 13.2. The van der Waals surface area contributed by atoms with Crippen LogP contribution in [0.2, 0.25) is 0 Å². The summed E-state index contributed by atoms with van der Waals surface area (Å²) in [5, 5.41) is 12.2. The van der Waals surface area contributed by atoms with Gasteiger partial charge in [0.05, 0.1) is 35.2 Å². The van der Waals surface area contributed by atoms with Gasteiger partial charge in [-0.25, -0.2) is 9.99 Å². The second kappa shape index (κ2) is 8.46. The van der Waals surface area contributed by atoms with E-state index in [1.54, 1.807) is 27.7 Å². The third-order valence-electron chi connectivity index (χ3n) is 5.03. The van der Waals surface area contributed by atoms with Crippen molar-refractivity contribution >= 4 is 55.8 Å². The Bertz CT molecular complexity index is 1290. The third-order valence-corrected chi connectivity index (χ3v) is 7.83. The second-order valence-electron chi connectivity index (χ2n) is 7.32. The molecule has 1 unspecified atom stereocenters. The van der Waals surface area contributed by atoms with E-state index in [2.05, 4.69) is 16.0 Å². The molecule has 0 aliphatic carbocycles. The van der Waals surface area contributed by atoms with Gasteiger partial charge in [-0.15, -0.1) is 34.0 Å². The minimum atomic E-state index is -0.141. The number of carbonyl (C=O) groups is 1. The molecular formula is C21H19N5O2S3. The smallest absolute Gasteiger partial charge is 0.268 e. The van der Waals surface area contributed by atoms with Crippen LogP contribution < -0.4 is 5.56 Å². The Kier molecular flexibility index (Phi) is 5.53. The molecule has 5 heterocycles.